The normalized spacial score (nSPS) is 12.9. The Morgan fingerprint density at radius 2 is 2.13 bits per heavy atom. The van der Waals surface area contributed by atoms with Crippen molar-refractivity contribution in [2.45, 2.75) is 12.5 Å². The van der Waals surface area contributed by atoms with Crippen LogP contribution >= 0.6 is 0 Å². The molecule has 2 aromatic rings. The highest BCUT2D eigenvalue weighted by molar-refractivity contribution is 5.82. The summed E-state index contributed by atoms with van der Waals surface area (Å²) in [4.78, 5) is 10.8. The molecule has 0 aliphatic rings. The lowest BCUT2D eigenvalue weighted by atomic mass is 10.0. The first-order valence-electron chi connectivity index (χ1n) is 4.68. The van der Waals surface area contributed by atoms with Gasteiger partial charge < -0.3 is 15.9 Å². The van der Waals surface area contributed by atoms with Crippen LogP contribution in [-0.4, -0.2) is 5.91 Å². The van der Waals surface area contributed by atoms with Crippen LogP contribution in [0.25, 0.3) is 11.0 Å². The monoisotopic (exact) mass is 204 g/mol. The largest absolute Gasteiger partial charge is 0.464 e. The van der Waals surface area contributed by atoms with Gasteiger partial charge in [0.15, 0.2) is 0 Å². The van der Waals surface area contributed by atoms with Gasteiger partial charge in [0.2, 0.25) is 5.91 Å². The number of rotatable bonds is 3. The molecule has 1 atom stereocenters. The molecule has 0 fully saturated rings. The first-order valence-corrected chi connectivity index (χ1v) is 4.68. The van der Waals surface area contributed by atoms with Gasteiger partial charge in [-0.15, -0.1) is 0 Å². The summed E-state index contributed by atoms with van der Waals surface area (Å²) in [5, 5.41) is 0.936. The van der Waals surface area contributed by atoms with Gasteiger partial charge in [-0.3, -0.25) is 4.79 Å². The summed E-state index contributed by atoms with van der Waals surface area (Å²) >= 11 is 0. The number of para-hydroxylation sites is 1. The fourth-order valence-corrected chi connectivity index (χ4v) is 1.61. The minimum Gasteiger partial charge on any atom is -0.464 e. The number of furan rings is 1. The second kappa shape index (κ2) is 3.74. The van der Waals surface area contributed by atoms with Gasteiger partial charge in [0.25, 0.3) is 0 Å². The summed E-state index contributed by atoms with van der Waals surface area (Å²) in [5.74, 6) is -0.409. The van der Waals surface area contributed by atoms with Crippen LogP contribution in [0.2, 0.25) is 0 Å². The molecule has 2 rings (SSSR count). The topological polar surface area (TPSA) is 82.2 Å². The number of benzene rings is 1. The van der Waals surface area contributed by atoms with Crippen LogP contribution in [0.15, 0.2) is 34.9 Å². The average molecular weight is 204 g/mol. The van der Waals surface area contributed by atoms with Crippen LogP contribution in [0.4, 0.5) is 0 Å². The maximum atomic E-state index is 10.8. The summed E-state index contributed by atoms with van der Waals surface area (Å²) in [6.07, 6.45) is 1.71. The van der Waals surface area contributed by atoms with Crippen molar-refractivity contribution in [3.8, 4) is 0 Å². The molecule has 78 valence electrons. The van der Waals surface area contributed by atoms with E-state index in [9.17, 15) is 4.79 Å². The highest BCUT2D eigenvalue weighted by Gasteiger charge is 2.14. The van der Waals surface area contributed by atoms with Crippen LogP contribution in [0, 0.1) is 0 Å². The first kappa shape index (κ1) is 9.73. The predicted molar refractivity (Wildman–Crippen MR) is 57.0 cm³/mol. The molecule has 0 spiro atoms. The van der Waals surface area contributed by atoms with E-state index in [4.69, 9.17) is 15.9 Å². The molecule has 4 nitrogen and oxygen atoms in total. The van der Waals surface area contributed by atoms with Gasteiger partial charge in [-0.2, -0.15) is 0 Å². The second-order valence-electron chi connectivity index (χ2n) is 3.46. The molecule has 4 heteroatoms. The van der Waals surface area contributed by atoms with E-state index in [2.05, 4.69) is 0 Å². The van der Waals surface area contributed by atoms with Gasteiger partial charge in [0, 0.05) is 23.4 Å². The van der Waals surface area contributed by atoms with Crippen molar-refractivity contribution in [3.63, 3.8) is 0 Å². The van der Waals surface area contributed by atoms with Gasteiger partial charge in [-0.1, -0.05) is 18.2 Å². The lowest BCUT2D eigenvalue weighted by molar-refractivity contribution is -0.118. The predicted octanol–water partition coefficient (Wildman–Crippen LogP) is 1.31. The van der Waals surface area contributed by atoms with E-state index in [1.54, 1.807) is 6.26 Å². The van der Waals surface area contributed by atoms with Crippen LogP contribution in [0.3, 0.4) is 0 Å². The highest BCUT2D eigenvalue weighted by Crippen LogP contribution is 2.26. The number of primary amides is 1. The van der Waals surface area contributed by atoms with Gasteiger partial charge in [0.1, 0.15) is 5.58 Å². The number of amides is 1. The molecule has 0 saturated heterocycles. The van der Waals surface area contributed by atoms with Crippen molar-refractivity contribution < 1.29 is 9.21 Å². The average Bonchev–Trinajstić information content (AvgIpc) is 2.59. The van der Waals surface area contributed by atoms with Crippen molar-refractivity contribution in [3.05, 3.63) is 36.1 Å². The zero-order valence-corrected chi connectivity index (χ0v) is 8.14. The zero-order chi connectivity index (χ0) is 10.8. The Balaban J connectivity index is 2.39. The third-order valence-corrected chi connectivity index (χ3v) is 2.33. The van der Waals surface area contributed by atoms with Crippen molar-refractivity contribution >= 4 is 16.9 Å². The Labute approximate surface area is 86.8 Å². The maximum Gasteiger partial charge on any atom is 0.219 e. The summed E-state index contributed by atoms with van der Waals surface area (Å²) in [7, 11) is 0. The molecule has 1 heterocycles. The van der Waals surface area contributed by atoms with Crippen molar-refractivity contribution in [2.75, 3.05) is 0 Å². The summed E-state index contributed by atoms with van der Waals surface area (Å²) in [6.45, 7) is 0. The molecule has 0 saturated carbocycles. The Morgan fingerprint density at radius 1 is 1.40 bits per heavy atom. The lowest BCUT2D eigenvalue weighted by Crippen LogP contribution is -2.20. The summed E-state index contributed by atoms with van der Waals surface area (Å²) in [6, 6.07) is 7.16. The van der Waals surface area contributed by atoms with Crippen LogP contribution < -0.4 is 11.5 Å². The molecule has 1 unspecified atom stereocenters. The number of hydrogen-bond donors (Lipinski definition) is 2. The number of nitrogens with two attached hydrogens (primary N) is 2. The van der Waals surface area contributed by atoms with E-state index in [1.807, 2.05) is 24.3 Å². The number of carbonyl (C=O) groups is 1. The molecular formula is C11H12N2O2. The van der Waals surface area contributed by atoms with E-state index in [0.29, 0.717) is 0 Å². The Kier molecular flexibility index (Phi) is 2.43. The van der Waals surface area contributed by atoms with E-state index in [-0.39, 0.29) is 6.42 Å². The molecule has 0 bridgehead atoms. The molecule has 0 aliphatic carbocycles. The Hall–Kier alpha value is -1.81. The quantitative estimate of drug-likeness (QED) is 0.790. The third-order valence-electron chi connectivity index (χ3n) is 2.33. The minimum absolute atomic E-state index is 0.128. The first-order chi connectivity index (χ1) is 7.18. The van der Waals surface area contributed by atoms with Gasteiger partial charge in [-0.05, 0) is 6.07 Å². The van der Waals surface area contributed by atoms with Crippen molar-refractivity contribution in [1.82, 2.24) is 0 Å². The summed E-state index contributed by atoms with van der Waals surface area (Å²) in [5.41, 5.74) is 12.5. The van der Waals surface area contributed by atoms with E-state index >= 15 is 0 Å². The van der Waals surface area contributed by atoms with E-state index in [1.165, 1.54) is 0 Å². The molecule has 4 N–H and O–H groups in total. The fourth-order valence-electron chi connectivity index (χ4n) is 1.61. The number of fused-ring (bicyclic) bond motifs is 1. The molecular weight excluding hydrogens is 192 g/mol. The molecule has 15 heavy (non-hydrogen) atoms. The molecule has 0 radical (unpaired) electrons. The van der Waals surface area contributed by atoms with E-state index < -0.39 is 11.9 Å². The van der Waals surface area contributed by atoms with E-state index in [0.717, 1.165) is 16.5 Å². The second-order valence-corrected chi connectivity index (χ2v) is 3.46. The standard InChI is InChI=1S/C11H12N2O2/c12-9(5-11(13)14)8-6-15-10-4-2-1-3-7(8)10/h1-4,6,9H,5,12H2,(H2,13,14). The molecule has 0 aliphatic heterocycles. The highest BCUT2D eigenvalue weighted by atomic mass is 16.3. The third kappa shape index (κ3) is 1.85. The number of hydrogen-bond acceptors (Lipinski definition) is 3. The van der Waals surface area contributed by atoms with Crippen LogP contribution in [0.1, 0.15) is 18.0 Å². The maximum absolute atomic E-state index is 10.8. The van der Waals surface area contributed by atoms with Gasteiger partial charge in [0.05, 0.1) is 6.26 Å². The van der Waals surface area contributed by atoms with Crippen LogP contribution in [-0.2, 0) is 4.79 Å². The minimum atomic E-state index is -0.409. The van der Waals surface area contributed by atoms with Crippen LogP contribution in [0.5, 0.6) is 0 Å². The van der Waals surface area contributed by atoms with Gasteiger partial charge >= 0.3 is 0 Å². The molecule has 1 aromatic carbocycles. The Morgan fingerprint density at radius 3 is 2.87 bits per heavy atom. The van der Waals surface area contributed by atoms with Gasteiger partial charge in [-0.25, -0.2) is 0 Å². The Bertz CT molecular complexity index is 490. The zero-order valence-electron chi connectivity index (χ0n) is 8.14. The smallest absolute Gasteiger partial charge is 0.219 e. The lowest BCUT2D eigenvalue weighted by Gasteiger charge is -2.06. The SMILES string of the molecule is NC(=O)CC(N)c1coc2ccccc12. The molecule has 1 amide bonds. The number of carbonyl (C=O) groups excluding carboxylic acids is 1. The fraction of sp³-hybridized carbons (Fsp3) is 0.182. The summed E-state index contributed by atoms with van der Waals surface area (Å²) < 4.78 is 5.32. The van der Waals surface area contributed by atoms with Crippen molar-refractivity contribution in [2.24, 2.45) is 11.5 Å². The molecule has 1 aromatic heterocycles. The van der Waals surface area contributed by atoms with Crippen molar-refractivity contribution in [1.29, 1.82) is 0 Å².